The quantitative estimate of drug-likeness (QED) is 0.490. The van der Waals surface area contributed by atoms with Crippen LogP contribution in [0.1, 0.15) is 5.56 Å². The minimum absolute atomic E-state index is 0. The van der Waals surface area contributed by atoms with Crippen LogP contribution in [-0.4, -0.2) is 19.3 Å². The highest BCUT2D eigenvalue weighted by molar-refractivity contribution is 6.32. The van der Waals surface area contributed by atoms with Gasteiger partial charge in [0.2, 0.25) is 5.96 Å². The molecule has 0 aliphatic carbocycles. The molecule has 0 bridgehead atoms. The predicted octanol–water partition coefficient (Wildman–Crippen LogP) is 1.38. The maximum Gasteiger partial charge on any atom is 0.211 e. The Labute approximate surface area is 105 Å². The van der Waals surface area contributed by atoms with Gasteiger partial charge in [-0.05, 0) is 23.8 Å². The van der Waals surface area contributed by atoms with Gasteiger partial charge in [0.1, 0.15) is 5.75 Å². The summed E-state index contributed by atoms with van der Waals surface area (Å²) in [4.78, 5) is 0. The molecule has 88 valence electrons. The minimum atomic E-state index is -0.0918. The fourth-order valence-electron chi connectivity index (χ4n) is 0.925. The van der Waals surface area contributed by atoms with Gasteiger partial charge in [-0.15, -0.1) is 17.5 Å². The molecule has 1 aromatic carbocycles. The van der Waals surface area contributed by atoms with E-state index in [2.05, 4.69) is 10.2 Å². The highest BCUT2D eigenvalue weighted by Crippen LogP contribution is 2.24. The zero-order valence-electron chi connectivity index (χ0n) is 8.55. The average molecular weight is 263 g/mol. The summed E-state index contributed by atoms with van der Waals surface area (Å²) >= 11 is 5.90. The molecule has 0 amide bonds. The molecule has 7 heteroatoms. The SMILES string of the molecule is COc1ccc(C=NN=C(N)N)cc1Cl.Cl. The van der Waals surface area contributed by atoms with Crippen molar-refractivity contribution in [1.82, 2.24) is 0 Å². The molecule has 0 radical (unpaired) electrons. The molecule has 16 heavy (non-hydrogen) atoms. The summed E-state index contributed by atoms with van der Waals surface area (Å²) in [6.07, 6.45) is 1.49. The molecule has 0 aromatic heterocycles. The number of guanidine groups is 1. The van der Waals surface area contributed by atoms with E-state index in [9.17, 15) is 0 Å². The Bertz CT molecular complexity index is 402. The topological polar surface area (TPSA) is 86.0 Å². The molecule has 0 unspecified atom stereocenters. The van der Waals surface area contributed by atoms with E-state index in [4.69, 9.17) is 27.8 Å². The predicted molar refractivity (Wildman–Crippen MR) is 68.7 cm³/mol. The number of rotatable bonds is 3. The van der Waals surface area contributed by atoms with E-state index in [1.54, 1.807) is 25.3 Å². The van der Waals surface area contributed by atoms with E-state index in [1.807, 2.05) is 0 Å². The van der Waals surface area contributed by atoms with Gasteiger partial charge in [0.05, 0.1) is 18.3 Å². The summed E-state index contributed by atoms with van der Waals surface area (Å²) in [6.45, 7) is 0. The number of hydrogen-bond donors (Lipinski definition) is 2. The molecular weight excluding hydrogens is 251 g/mol. The lowest BCUT2D eigenvalue weighted by atomic mass is 10.2. The first-order chi connectivity index (χ1) is 7.13. The molecule has 0 saturated carbocycles. The molecule has 0 aliphatic heterocycles. The van der Waals surface area contributed by atoms with E-state index in [0.717, 1.165) is 5.56 Å². The Morgan fingerprint density at radius 1 is 1.44 bits per heavy atom. The smallest absolute Gasteiger partial charge is 0.211 e. The molecule has 5 nitrogen and oxygen atoms in total. The lowest BCUT2D eigenvalue weighted by Gasteiger charge is -2.02. The number of hydrogen-bond acceptors (Lipinski definition) is 3. The minimum Gasteiger partial charge on any atom is -0.495 e. The Hall–Kier alpha value is -1.46. The van der Waals surface area contributed by atoms with Crippen molar-refractivity contribution in [2.24, 2.45) is 21.7 Å². The third-order valence-electron chi connectivity index (χ3n) is 1.56. The lowest BCUT2D eigenvalue weighted by Crippen LogP contribution is -2.21. The van der Waals surface area contributed by atoms with Crippen LogP contribution in [0.3, 0.4) is 0 Å². The Kier molecular flexibility index (Phi) is 6.29. The van der Waals surface area contributed by atoms with E-state index < -0.39 is 0 Å². The second kappa shape index (κ2) is 6.92. The maximum atomic E-state index is 5.90. The normalized spacial score (nSPS) is 9.62. The first kappa shape index (κ1) is 14.5. The molecule has 1 aromatic rings. The highest BCUT2D eigenvalue weighted by Gasteiger charge is 1.99. The summed E-state index contributed by atoms with van der Waals surface area (Å²) in [5.74, 6) is 0.515. The van der Waals surface area contributed by atoms with E-state index in [-0.39, 0.29) is 18.4 Å². The fraction of sp³-hybridized carbons (Fsp3) is 0.111. The number of nitrogens with two attached hydrogens (primary N) is 2. The Balaban J connectivity index is 0.00000225. The van der Waals surface area contributed by atoms with Crippen molar-refractivity contribution in [3.63, 3.8) is 0 Å². The van der Waals surface area contributed by atoms with Crippen LogP contribution in [0, 0.1) is 0 Å². The number of halogens is 2. The van der Waals surface area contributed by atoms with Crippen LogP contribution in [0.4, 0.5) is 0 Å². The molecule has 0 fully saturated rings. The van der Waals surface area contributed by atoms with Crippen molar-refractivity contribution in [3.05, 3.63) is 28.8 Å². The second-order valence-corrected chi connectivity index (χ2v) is 3.07. The molecule has 1 rings (SSSR count). The van der Waals surface area contributed by atoms with Crippen LogP contribution in [-0.2, 0) is 0 Å². The summed E-state index contributed by atoms with van der Waals surface area (Å²) in [7, 11) is 1.55. The average Bonchev–Trinajstić information content (AvgIpc) is 2.17. The molecule has 0 atom stereocenters. The van der Waals surface area contributed by atoms with Gasteiger partial charge in [0, 0.05) is 0 Å². The van der Waals surface area contributed by atoms with Gasteiger partial charge in [-0.1, -0.05) is 11.6 Å². The van der Waals surface area contributed by atoms with E-state index >= 15 is 0 Å². The van der Waals surface area contributed by atoms with Gasteiger partial charge in [-0.2, -0.15) is 5.10 Å². The van der Waals surface area contributed by atoms with Crippen LogP contribution in [0.15, 0.2) is 28.4 Å². The Morgan fingerprint density at radius 3 is 2.62 bits per heavy atom. The van der Waals surface area contributed by atoms with Crippen molar-refractivity contribution >= 4 is 36.2 Å². The second-order valence-electron chi connectivity index (χ2n) is 2.66. The van der Waals surface area contributed by atoms with Crippen LogP contribution < -0.4 is 16.2 Å². The van der Waals surface area contributed by atoms with Crippen molar-refractivity contribution in [2.75, 3.05) is 7.11 Å². The van der Waals surface area contributed by atoms with Gasteiger partial charge in [-0.25, -0.2) is 0 Å². The molecule has 0 spiro atoms. The number of benzene rings is 1. The van der Waals surface area contributed by atoms with E-state index in [0.29, 0.717) is 10.8 Å². The Morgan fingerprint density at radius 2 is 2.12 bits per heavy atom. The summed E-state index contributed by atoms with van der Waals surface area (Å²) in [5.41, 5.74) is 11.0. The van der Waals surface area contributed by atoms with Gasteiger partial charge < -0.3 is 16.2 Å². The fourth-order valence-corrected chi connectivity index (χ4v) is 1.19. The van der Waals surface area contributed by atoms with Gasteiger partial charge in [0.25, 0.3) is 0 Å². The molecule has 0 heterocycles. The lowest BCUT2D eigenvalue weighted by molar-refractivity contribution is 0.415. The largest absolute Gasteiger partial charge is 0.495 e. The highest BCUT2D eigenvalue weighted by atomic mass is 35.5. The van der Waals surface area contributed by atoms with Crippen molar-refractivity contribution in [1.29, 1.82) is 0 Å². The molecule has 0 aliphatic rings. The molecular formula is C9H12Cl2N4O. The zero-order chi connectivity index (χ0) is 11.3. The first-order valence-corrected chi connectivity index (χ1v) is 4.47. The van der Waals surface area contributed by atoms with E-state index in [1.165, 1.54) is 6.21 Å². The van der Waals surface area contributed by atoms with Crippen molar-refractivity contribution < 1.29 is 4.74 Å². The standard InChI is InChI=1S/C9H11ClN4O.ClH/c1-15-8-3-2-6(4-7(8)10)5-13-14-9(11)12;/h2-5H,1H3,(H4,11,12,14);1H. The molecule has 0 saturated heterocycles. The van der Waals surface area contributed by atoms with Crippen molar-refractivity contribution in [3.8, 4) is 5.75 Å². The van der Waals surface area contributed by atoms with Gasteiger partial charge in [0.15, 0.2) is 0 Å². The van der Waals surface area contributed by atoms with Gasteiger partial charge in [-0.3, -0.25) is 0 Å². The van der Waals surface area contributed by atoms with Crippen LogP contribution >= 0.6 is 24.0 Å². The summed E-state index contributed by atoms with van der Waals surface area (Å²) in [5, 5.41) is 7.62. The summed E-state index contributed by atoms with van der Waals surface area (Å²) in [6, 6.07) is 5.22. The first-order valence-electron chi connectivity index (χ1n) is 4.09. The number of ether oxygens (including phenoxy) is 1. The zero-order valence-corrected chi connectivity index (χ0v) is 10.1. The number of methoxy groups -OCH3 is 1. The third-order valence-corrected chi connectivity index (χ3v) is 1.85. The maximum absolute atomic E-state index is 5.90. The third kappa shape index (κ3) is 4.37. The van der Waals surface area contributed by atoms with Crippen LogP contribution in [0.25, 0.3) is 0 Å². The molecule has 4 N–H and O–H groups in total. The van der Waals surface area contributed by atoms with Crippen LogP contribution in [0.2, 0.25) is 5.02 Å². The van der Waals surface area contributed by atoms with Crippen LogP contribution in [0.5, 0.6) is 5.75 Å². The summed E-state index contributed by atoms with van der Waals surface area (Å²) < 4.78 is 5.00. The monoisotopic (exact) mass is 262 g/mol. The number of nitrogens with zero attached hydrogens (tertiary/aromatic N) is 2. The van der Waals surface area contributed by atoms with Crippen molar-refractivity contribution in [2.45, 2.75) is 0 Å². The van der Waals surface area contributed by atoms with Gasteiger partial charge >= 0.3 is 0 Å².